The van der Waals surface area contributed by atoms with E-state index in [0.29, 0.717) is 16.3 Å². The molecule has 0 radical (unpaired) electrons. The summed E-state index contributed by atoms with van der Waals surface area (Å²) < 4.78 is 11.4. The third-order valence-electron chi connectivity index (χ3n) is 2.21. The van der Waals surface area contributed by atoms with Crippen molar-refractivity contribution in [3.05, 3.63) is 29.1 Å². The summed E-state index contributed by atoms with van der Waals surface area (Å²) in [7, 11) is 1.86. The first-order valence-electron chi connectivity index (χ1n) is 4.58. The Kier molecular flexibility index (Phi) is 2.93. The van der Waals surface area contributed by atoms with Crippen LogP contribution in [0.25, 0.3) is 11.3 Å². The van der Waals surface area contributed by atoms with E-state index in [4.69, 9.17) is 8.83 Å². The van der Waals surface area contributed by atoms with Gasteiger partial charge in [0.05, 0.1) is 24.1 Å². The zero-order valence-corrected chi connectivity index (χ0v) is 10.0. The molecule has 0 aliphatic rings. The summed E-state index contributed by atoms with van der Waals surface area (Å²) in [6.45, 7) is 1.99. The van der Waals surface area contributed by atoms with Crippen molar-refractivity contribution in [1.29, 1.82) is 0 Å². The summed E-state index contributed by atoms with van der Waals surface area (Å²) >= 11 is 3.30. The number of hydrogen-bond donors (Lipinski definition) is 1. The van der Waals surface area contributed by atoms with Crippen LogP contribution >= 0.6 is 15.9 Å². The molecule has 0 aliphatic carbocycles. The van der Waals surface area contributed by atoms with Crippen molar-refractivity contribution >= 4 is 15.9 Å². The fourth-order valence-corrected chi connectivity index (χ4v) is 1.64. The smallest absolute Gasteiger partial charge is 0.211 e. The molecular formula is C10H11BrN2O2. The molecule has 2 rings (SSSR count). The number of nitrogens with zero attached hydrogens (tertiary/aromatic N) is 1. The Morgan fingerprint density at radius 1 is 1.53 bits per heavy atom. The molecule has 2 aromatic heterocycles. The van der Waals surface area contributed by atoms with E-state index in [9.17, 15) is 0 Å². The van der Waals surface area contributed by atoms with Crippen molar-refractivity contribution < 1.29 is 8.83 Å². The van der Waals surface area contributed by atoms with Crippen LogP contribution in [0.3, 0.4) is 0 Å². The molecule has 1 N–H and O–H groups in total. The summed E-state index contributed by atoms with van der Waals surface area (Å²) in [5.41, 5.74) is 0.872. The highest BCUT2D eigenvalue weighted by Gasteiger charge is 2.14. The van der Waals surface area contributed by atoms with E-state index in [1.807, 2.05) is 20.0 Å². The fraction of sp³-hybridized carbons (Fsp3) is 0.300. The lowest BCUT2D eigenvalue weighted by Crippen LogP contribution is -2.12. The van der Waals surface area contributed by atoms with Gasteiger partial charge < -0.3 is 14.2 Å². The summed E-state index contributed by atoms with van der Waals surface area (Å²) in [5.74, 6) is 1.37. The van der Waals surface area contributed by atoms with Gasteiger partial charge in [0.15, 0.2) is 10.4 Å². The van der Waals surface area contributed by atoms with Crippen LogP contribution in [0.15, 0.2) is 32.0 Å². The normalized spacial score (nSPS) is 13.0. The van der Waals surface area contributed by atoms with Crippen molar-refractivity contribution in [3.8, 4) is 11.3 Å². The van der Waals surface area contributed by atoms with E-state index in [2.05, 4.69) is 26.2 Å². The van der Waals surface area contributed by atoms with Crippen LogP contribution in [0.2, 0.25) is 0 Å². The predicted octanol–water partition coefficient (Wildman–Crippen LogP) is 2.98. The average Bonchev–Trinajstić information content (AvgIpc) is 2.84. The van der Waals surface area contributed by atoms with Gasteiger partial charge in [-0.3, -0.25) is 0 Å². The Labute approximate surface area is 95.8 Å². The van der Waals surface area contributed by atoms with Gasteiger partial charge in [0, 0.05) is 0 Å². The zero-order valence-electron chi connectivity index (χ0n) is 8.45. The Bertz CT molecular complexity index is 450. The van der Waals surface area contributed by atoms with Gasteiger partial charge >= 0.3 is 0 Å². The lowest BCUT2D eigenvalue weighted by molar-refractivity contribution is 0.440. The van der Waals surface area contributed by atoms with Crippen LogP contribution in [0.4, 0.5) is 0 Å². The molecule has 15 heavy (non-hydrogen) atoms. The van der Waals surface area contributed by atoms with E-state index in [1.165, 1.54) is 0 Å². The van der Waals surface area contributed by atoms with Crippen molar-refractivity contribution in [2.75, 3.05) is 7.05 Å². The molecule has 2 aromatic rings. The number of furan rings is 1. The van der Waals surface area contributed by atoms with Crippen LogP contribution in [0, 0.1) is 0 Å². The maximum atomic E-state index is 5.60. The van der Waals surface area contributed by atoms with Crippen molar-refractivity contribution in [2.24, 2.45) is 0 Å². The minimum absolute atomic E-state index is 0.101. The highest BCUT2D eigenvalue weighted by atomic mass is 79.9. The molecule has 0 spiro atoms. The first-order chi connectivity index (χ1) is 7.22. The largest absolute Gasteiger partial charge is 0.457 e. The Balaban J connectivity index is 2.32. The molecule has 5 heteroatoms. The van der Waals surface area contributed by atoms with Crippen molar-refractivity contribution in [3.63, 3.8) is 0 Å². The Morgan fingerprint density at radius 2 is 2.33 bits per heavy atom. The topological polar surface area (TPSA) is 51.2 Å². The molecule has 1 atom stereocenters. The SMILES string of the molecule is CNC(C)c1ncc(-c2ccoc2Br)o1. The van der Waals surface area contributed by atoms with Crippen LogP contribution in [0.5, 0.6) is 0 Å². The maximum Gasteiger partial charge on any atom is 0.211 e. The van der Waals surface area contributed by atoms with Crippen LogP contribution in [-0.4, -0.2) is 12.0 Å². The third kappa shape index (κ3) is 1.98. The van der Waals surface area contributed by atoms with Gasteiger partial charge in [-0.25, -0.2) is 4.98 Å². The number of nitrogens with one attached hydrogen (secondary N) is 1. The third-order valence-corrected chi connectivity index (χ3v) is 2.82. The van der Waals surface area contributed by atoms with Crippen LogP contribution < -0.4 is 5.32 Å². The van der Waals surface area contributed by atoms with Crippen LogP contribution in [0.1, 0.15) is 18.9 Å². The first kappa shape index (κ1) is 10.4. The standard InChI is InChI=1S/C10H11BrN2O2/c1-6(12-2)10-13-5-8(15-10)7-3-4-14-9(7)11/h3-6,12H,1-2H3. The molecule has 1 unspecified atom stereocenters. The number of halogens is 1. The van der Waals surface area contributed by atoms with Crippen LogP contribution in [-0.2, 0) is 0 Å². The monoisotopic (exact) mass is 270 g/mol. The van der Waals surface area contributed by atoms with Gasteiger partial charge in [-0.05, 0) is 36.0 Å². The molecule has 0 aromatic carbocycles. The second-order valence-electron chi connectivity index (χ2n) is 3.18. The van der Waals surface area contributed by atoms with Gasteiger partial charge in [0.25, 0.3) is 0 Å². The van der Waals surface area contributed by atoms with E-state index in [0.717, 1.165) is 5.56 Å². The molecule has 0 amide bonds. The van der Waals surface area contributed by atoms with Gasteiger partial charge in [0.2, 0.25) is 5.89 Å². The molecule has 80 valence electrons. The van der Waals surface area contributed by atoms with Gasteiger partial charge in [-0.15, -0.1) is 0 Å². The lowest BCUT2D eigenvalue weighted by Gasteiger charge is -2.03. The number of oxazole rings is 1. The van der Waals surface area contributed by atoms with E-state index < -0.39 is 0 Å². The molecule has 4 nitrogen and oxygen atoms in total. The Hall–Kier alpha value is -1.07. The molecule has 2 heterocycles. The summed E-state index contributed by atoms with van der Waals surface area (Å²) in [6.07, 6.45) is 3.29. The van der Waals surface area contributed by atoms with Crippen molar-refractivity contribution in [2.45, 2.75) is 13.0 Å². The minimum atomic E-state index is 0.101. The quantitative estimate of drug-likeness (QED) is 0.932. The molecular weight excluding hydrogens is 260 g/mol. The lowest BCUT2D eigenvalue weighted by atomic mass is 10.3. The maximum absolute atomic E-state index is 5.60. The average molecular weight is 271 g/mol. The Morgan fingerprint density at radius 3 is 2.93 bits per heavy atom. The first-order valence-corrected chi connectivity index (χ1v) is 5.38. The molecule has 0 fully saturated rings. The van der Waals surface area contributed by atoms with E-state index in [1.54, 1.807) is 12.5 Å². The summed E-state index contributed by atoms with van der Waals surface area (Å²) in [5, 5.41) is 3.06. The molecule has 0 saturated carbocycles. The number of aromatic nitrogens is 1. The highest BCUT2D eigenvalue weighted by molar-refractivity contribution is 9.10. The van der Waals surface area contributed by atoms with E-state index >= 15 is 0 Å². The summed E-state index contributed by atoms with van der Waals surface area (Å²) in [6, 6.07) is 1.93. The van der Waals surface area contributed by atoms with Gasteiger partial charge in [-0.1, -0.05) is 0 Å². The minimum Gasteiger partial charge on any atom is -0.457 e. The molecule has 0 saturated heterocycles. The highest BCUT2D eigenvalue weighted by Crippen LogP contribution is 2.30. The zero-order chi connectivity index (χ0) is 10.8. The second kappa shape index (κ2) is 4.20. The van der Waals surface area contributed by atoms with Gasteiger partial charge in [0.1, 0.15) is 0 Å². The predicted molar refractivity (Wildman–Crippen MR) is 59.4 cm³/mol. The molecule has 0 bridgehead atoms. The molecule has 0 aliphatic heterocycles. The van der Waals surface area contributed by atoms with E-state index in [-0.39, 0.29) is 6.04 Å². The second-order valence-corrected chi connectivity index (χ2v) is 3.90. The summed E-state index contributed by atoms with van der Waals surface area (Å²) in [4.78, 5) is 4.19. The van der Waals surface area contributed by atoms with Gasteiger partial charge in [-0.2, -0.15) is 0 Å². The number of hydrogen-bond acceptors (Lipinski definition) is 4. The fourth-order valence-electron chi connectivity index (χ4n) is 1.21. The van der Waals surface area contributed by atoms with Crippen molar-refractivity contribution in [1.82, 2.24) is 10.3 Å². The number of rotatable bonds is 3.